The first kappa shape index (κ1) is 15.9. The van der Waals surface area contributed by atoms with E-state index in [1.807, 2.05) is 0 Å². The molecule has 0 saturated heterocycles. The van der Waals surface area contributed by atoms with Crippen LogP contribution in [0.25, 0.3) is 0 Å². The molecule has 2 fully saturated rings. The molecule has 5 nitrogen and oxygen atoms in total. The second kappa shape index (κ2) is 6.28. The number of hydrogen-bond acceptors (Lipinski definition) is 5. The van der Waals surface area contributed by atoms with Crippen LogP contribution in [0.4, 0.5) is 0 Å². The van der Waals surface area contributed by atoms with Gasteiger partial charge in [0, 0.05) is 24.0 Å². The van der Waals surface area contributed by atoms with Crippen molar-refractivity contribution in [2.45, 2.75) is 78.0 Å². The van der Waals surface area contributed by atoms with E-state index in [4.69, 9.17) is 9.15 Å². The van der Waals surface area contributed by atoms with Crippen molar-refractivity contribution < 1.29 is 9.15 Å². The average molecular weight is 307 g/mol. The fraction of sp³-hybridized carbons (Fsp3) is 0.882. The minimum absolute atomic E-state index is 0.185. The van der Waals surface area contributed by atoms with E-state index in [-0.39, 0.29) is 5.41 Å². The van der Waals surface area contributed by atoms with Gasteiger partial charge in [0.15, 0.2) is 0 Å². The van der Waals surface area contributed by atoms with Gasteiger partial charge in [-0.25, -0.2) is 0 Å². The lowest BCUT2D eigenvalue weighted by Crippen LogP contribution is -2.62. The molecule has 2 saturated carbocycles. The van der Waals surface area contributed by atoms with E-state index in [9.17, 15) is 0 Å². The first-order valence-electron chi connectivity index (χ1n) is 8.74. The van der Waals surface area contributed by atoms with Gasteiger partial charge in [-0.1, -0.05) is 20.8 Å². The summed E-state index contributed by atoms with van der Waals surface area (Å²) in [5.74, 6) is 2.14. The van der Waals surface area contributed by atoms with E-state index in [2.05, 4.69) is 42.8 Å². The van der Waals surface area contributed by atoms with E-state index >= 15 is 0 Å². The maximum absolute atomic E-state index is 5.87. The molecular formula is C17H29N3O2. The van der Waals surface area contributed by atoms with E-state index in [1.165, 1.54) is 12.8 Å². The van der Waals surface area contributed by atoms with Gasteiger partial charge in [-0.2, -0.15) is 0 Å². The quantitative estimate of drug-likeness (QED) is 0.737. The van der Waals surface area contributed by atoms with Gasteiger partial charge in [0.25, 0.3) is 0 Å². The maximum atomic E-state index is 5.87. The van der Waals surface area contributed by atoms with Gasteiger partial charge in [0.2, 0.25) is 11.8 Å². The van der Waals surface area contributed by atoms with E-state index in [1.54, 1.807) is 0 Å². The summed E-state index contributed by atoms with van der Waals surface area (Å²) in [7, 11) is 0. The van der Waals surface area contributed by atoms with Gasteiger partial charge >= 0.3 is 0 Å². The second-order valence-electron chi connectivity index (χ2n) is 7.30. The molecule has 2 atom stereocenters. The van der Waals surface area contributed by atoms with Gasteiger partial charge in [0.05, 0.1) is 12.6 Å². The SMILES string of the molecule is CCCN(Cc1nnc(C2CC2)o1)[C@@H]1C[C@@H](OCC)C1(C)C. The molecule has 5 heteroatoms. The van der Waals surface area contributed by atoms with Crippen LogP contribution in [0.1, 0.15) is 71.1 Å². The summed E-state index contributed by atoms with van der Waals surface area (Å²) in [4.78, 5) is 2.50. The Bertz CT molecular complexity index is 496. The molecule has 1 aromatic rings. The molecule has 0 radical (unpaired) electrons. The molecule has 0 unspecified atom stereocenters. The lowest BCUT2D eigenvalue weighted by Gasteiger charge is -2.55. The van der Waals surface area contributed by atoms with Crippen LogP contribution in [0.3, 0.4) is 0 Å². The summed E-state index contributed by atoms with van der Waals surface area (Å²) >= 11 is 0. The molecule has 0 N–H and O–H groups in total. The Kier molecular flexibility index (Phi) is 4.55. The Hall–Kier alpha value is -0.940. The van der Waals surface area contributed by atoms with Crippen molar-refractivity contribution >= 4 is 0 Å². The first-order chi connectivity index (χ1) is 10.6. The normalized spacial score (nSPS) is 27.1. The molecule has 1 aromatic heterocycles. The van der Waals surface area contributed by atoms with Gasteiger partial charge < -0.3 is 9.15 Å². The van der Waals surface area contributed by atoms with Crippen LogP contribution in [0.2, 0.25) is 0 Å². The molecule has 2 aliphatic carbocycles. The molecule has 0 aromatic carbocycles. The van der Waals surface area contributed by atoms with Crippen molar-refractivity contribution in [2.75, 3.05) is 13.2 Å². The first-order valence-corrected chi connectivity index (χ1v) is 8.74. The lowest BCUT2D eigenvalue weighted by molar-refractivity contribution is -0.152. The minimum atomic E-state index is 0.185. The van der Waals surface area contributed by atoms with Crippen LogP contribution < -0.4 is 0 Å². The number of ether oxygens (including phenoxy) is 1. The fourth-order valence-electron chi connectivity index (χ4n) is 3.60. The van der Waals surface area contributed by atoms with Gasteiger partial charge in [0.1, 0.15) is 0 Å². The number of nitrogens with zero attached hydrogens (tertiary/aromatic N) is 3. The van der Waals surface area contributed by atoms with Crippen LogP contribution in [0.15, 0.2) is 4.42 Å². The summed E-state index contributed by atoms with van der Waals surface area (Å²) in [6.45, 7) is 11.5. The lowest BCUT2D eigenvalue weighted by atomic mass is 9.63. The standard InChI is InChI=1S/C17H29N3O2/c1-5-9-20(13-10-14(21-6-2)17(13,3)4)11-15-18-19-16(22-15)12-7-8-12/h12-14H,5-11H2,1-4H3/t13-,14-/m1/s1. The molecule has 0 amide bonds. The Morgan fingerprint density at radius 3 is 2.64 bits per heavy atom. The highest BCUT2D eigenvalue weighted by molar-refractivity contribution is 5.05. The van der Waals surface area contributed by atoms with Gasteiger partial charge in [-0.15, -0.1) is 10.2 Å². The van der Waals surface area contributed by atoms with Gasteiger partial charge in [-0.05, 0) is 39.2 Å². The molecule has 0 bridgehead atoms. The summed E-state index contributed by atoms with van der Waals surface area (Å²) in [5.41, 5.74) is 0.185. The third-order valence-corrected chi connectivity index (χ3v) is 5.19. The predicted octanol–water partition coefficient (Wildman–Crippen LogP) is 3.36. The monoisotopic (exact) mass is 307 g/mol. The highest BCUT2D eigenvalue weighted by Crippen LogP contribution is 2.46. The Labute approximate surface area is 133 Å². The molecule has 124 valence electrons. The van der Waals surface area contributed by atoms with Crippen LogP contribution in [0, 0.1) is 5.41 Å². The zero-order chi connectivity index (χ0) is 15.7. The molecular weight excluding hydrogens is 278 g/mol. The van der Waals surface area contributed by atoms with Crippen molar-refractivity contribution in [2.24, 2.45) is 5.41 Å². The summed E-state index contributed by atoms with van der Waals surface area (Å²) in [6.07, 6.45) is 5.00. The smallest absolute Gasteiger partial charge is 0.230 e. The molecule has 3 rings (SSSR count). The number of aromatic nitrogens is 2. The van der Waals surface area contributed by atoms with Gasteiger partial charge in [-0.3, -0.25) is 4.90 Å². The maximum Gasteiger partial charge on any atom is 0.230 e. The third-order valence-electron chi connectivity index (χ3n) is 5.19. The van der Waals surface area contributed by atoms with Crippen LogP contribution in [-0.2, 0) is 11.3 Å². The molecule has 0 spiro atoms. The molecule has 1 heterocycles. The minimum Gasteiger partial charge on any atom is -0.424 e. The number of hydrogen-bond donors (Lipinski definition) is 0. The van der Waals surface area contributed by atoms with Crippen molar-refractivity contribution in [3.05, 3.63) is 11.8 Å². The van der Waals surface area contributed by atoms with Crippen molar-refractivity contribution in [3.63, 3.8) is 0 Å². The van der Waals surface area contributed by atoms with E-state index in [0.29, 0.717) is 18.1 Å². The average Bonchev–Trinajstić information content (AvgIpc) is 3.23. The largest absolute Gasteiger partial charge is 0.424 e. The third kappa shape index (κ3) is 3.06. The van der Waals surface area contributed by atoms with Crippen LogP contribution >= 0.6 is 0 Å². The molecule has 22 heavy (non-hydrogen) atoms. The summed E-state index contributed by atoms with van der Waals surface area (Å²) in [6, 6.07) is 0.528. The molecule has 0 aliphatic heterocycles. The molecule has 2 aliphatic rings. The topological polar surface area (TPSA) is 51.4 Å². The van der Waals surface area contributed by atoms with Crippen LogP contribution in [-0.4, -0.2) is 40.4 Å². The number of rotatable bonds is 8. The zero-order valence-electron chi connectivity index (χ0n) is 14.3. The van der Waals surface area contributed by atoms with Crippen molar-refractivity contribution in [1.82, 2.24) is 15.1 Å². The Balaban J connectivity index is 1.64. The fourth-order valence-corrected chi connectivity index (χ4v) is 3.60. The highest BCUT2D eigenvalue weighted by atomic mass is 16.5. The van der Waals surface area contributed by atoms with Crippen LogP contribution in [0.5, 0.6) is 0 Å². The van der Waals surface area contributed by atoms with Crippen molar-refractivity contribution in [1.29, 1.82) is 0 Å². The second-order valence-corrected chi connectivity index (χ2v) is 7.30. The summed E-state index contributed by atoms with van der Waals surface area (Å²) < 4.78 is 11.7. The highest BCUT2D eigenvalue weighted by Gasteiger charge is 2.51. The Morgan fingerprint density at radius 2 is 2.05 bits per heavy atom. The van der Waals surface area contributed by atoms with Crippen molar-refractivity contribution in [3.8, 4) is 0 Å². The zero-order valence-corrected chi connectivity index (χ0v) is 14.3. The summed E-state index contributed by atoms with van der Waals surface area (Å²) in [5, 5.41) is 8.46. The Morgan fingerprint density at radius 1 is 1.27 bits per heavy atom. The van der Waals surface area contributed by atoms with E-state index < -0.39 is 0 Å². The van der Waals surface area contributed by atoms with E-state index in [0.717, 1.165) is 44.3 Å². The predicted molar refractivity (Wildman–Crippen MR) is 84.6 cm³/mol.